The van der Waals surface area contributed by atoms with Crippen LogP contribution in [0.25, 0.3) is 0 Å². The Hall–Kier alpha value is -1.10. The number of piperidine rings is 1. The molecule has 0 aliphatic carbocycles. The van der Waals surface area contributed by atoms with Crippen LogP contribution in [0.4, 0.5) is 5.13 Å². The van der Waals surface area contributed by atoms with Crippen LogP contribution in [0.5, 0.6) is 0 Å². The van der Waals surface area contributed by atoms with Gasteiger partial charge in [-0.1, -0.05) is 6.92 Å². The number of carboxylic acids is 1. The van der Waals surface area contributed by atoms with Crippen LogP contribution in [0.2, 0.25) is 0 Å². The van der Waals surface area contributed by atoms with Gasteiger partial charge in [-0.25, -0.2) is 9.78 Å². The third-order valence-corrected chi connectivity index (χ3v) is 3.93. The average molecular weight is 240 g/mol. The van der Waals surface area contributed by atoms with Crippen LogP contribution >= 0.6 is 11.3 Å². The summed E-state index contributed by atoms with van der Waals surface area (Å²) in [5.74, 6) is -0.937. The molecule has 1 fully saturated rings. The lowest BCUT2D eigenvalue weighted by molar-refractivity contribution is 0.0691. The molecular weight excluding hydrogens is 224 g/mol. The maximum atomic E-state index is 10.8. The first kappa shape index (κ1) is 11.4. The molecule has 16 heavy (non-hydrogen) atoms. The molecule has 4 nitrogen and oxygen atoms in total. The van der Waals surface area contributed by atoms with Gasteiger partial charge in [0.05, 0.1) is 0 Å². The van der Waals surface area contributed by atoms with E-state index in [9.17, 15) is 4.79 Å². The summed E-state index contributed by atoms with van der Waals surface area (Å²) in [6.45, 7) is 3.18. The van der Waals surface area contributed by atoms with E-state index in [1.807, 2.05) is 0 Å². The van der Waals surface area contributed by atoms with Crippen molar-refractivity contribution < 1.29 is 9.90 Å². The van der Waals surface area contributed by atoms with Gasteiger partial charge in [0.2, 0.25) is 0 Å². The van der Waals surface area contributed by atoms with Crippen LogP contribution < -0.4 is 4.90 Å². The minimum Gasteiger partial charge on any atom is -0.476 e. The highest BCUT2D eigenvalue weighted by Gasteiger charge is 2.24. The molecule has 2 heterocycles. The maximum absolute atomic E-state index is 10.8. The quantitative estimate of drug-likeness (QED) is 0.882. The van der Waals surface area contributed by atoms with E-state index in [2.05, 4.69) is 16.8 Å². The minimum absolute atomic E-state index is 0.167. The van der Waals surface area contributed by atoms with Crippen LogP contribution in [0, 0.1) is 0 Å². The van der Waals surface area contributed by atoms with E-state index >= 15 is 0 Å². The summed E-state index contributed by atoms with van der Waals surface area (Å²) >= 11 is 1.44. The Balaban J connectivity index is 2.17. The van der Waals surface area contributed by atoms with Crippen molar-refractivity contribution in [1.82, 2.24) is 4.98 Å². The average Bonchev–Trinajstić information content (AvgIpc) is 2.78. The Kier molecular flexibility index (Phi) is 3.43. The molecule has 5 heteroatoms. The molecule has 1 saturated heterocycles. The number of carboxylic acid groups (broad SMARTS) is 1. The highest BCUT2D eigenvalue weighted by molar-refractivity contribution is 7.13. The summed E-state index contributed by atoms with van der Waals surface area (Å²) in [4.78, 5) is 17.2. The summed E-state index contributed by atoms with van der Waals surface area (Å²) in [5, 5.41) is 11.3. The molecule has 1 aromatic heterocycles. The fourth-order valence-corrected chi connectivity index (χ4v) is 3.07. The number of thiazole rings is 1. The van der Waals surface area contributed by atoms with Gasteiger partial charge in [0.1, 0.15) is 0 Å². The van der Waals surface area contributed by atoms with Crippen LogP contribution in [0.1, 0.15) is 43.1 Å². The number of hydrogen-bond donors (Lipinski definition) is 1. The number of hydrogen-bond acceptors (Lipinski definition) is 4. The number of carbonyl (C=O) groups is 1. The van der Waals surface area contributed by atoms with Crippen molar-refractivity contribution in [3.8, 4) is 0 Å². The zero-order valence-corrected chi connectivity index (χ0v) is 10.2. The van der Waals surface area contributed by atoms with Gasteiger partial charge in [-0.15, -0.1) is 11.3 Å². The summed E-state index contributed by atoms with van der Waals surface area (Å²) in [7, 11) is 0. The lowest BCUT2D eigenvalue weighted by Crippen LogP contribution is -2.39. The summed E-state index contributed by atoms with van der Waals surface area (Å²) in [6, 6.07) is 0.529. The molecular formula is C11H16N2O2S. The third kappa shape index (κ3) is 2.19. The molecule has 1 unspecified atom stereocenters. The lowest BCUT2D eigenvalue weighted by atomic mass is 10.0. The first-order chi connectivity index (χ1) is 7.72. The zero-order chi connectivity index (χ0) is 11.5. The number of aromatic carboxylic acids is 1. The molecule has 0 spiro atoms. The Morgan fingerprint density at radius 1 is 1.69 bits per heavy atom. The molecule has 1 aromatic rings. The molecule has 0 aromatic carbocycles. The highest BCUT2D eigenvalue weighted by atomic mass is 32.1. The van der Waals surface area contributed by atoms with Crippen molar-refractivity contribution in [2.24, 2.45) is 0 Å². The Morgan fingerprint density at radius 3 is 3.12 bits per heavy atom. The summed E-state index contributed by atoms with van der Waals surface area (Å²) in [6.07, 6.45) is 4.74. The SMILES string of the molecule is CCC1CCCCN1c1nc(C(=O)O)cs1. The number of aromatic nitrogens is 1. The van der Waals surface area contributed by atoms with Crippen LogP contribution in [0.15, 0.2) is 5.38 Å². The minimum atomic E-state index is -0.937. The molecule has 1 aliphatic heterocycles. The van der Waals surface area contributed by atoms with Crippen molar-refractivity contribution >= 4 is 22.4 Å². The van der Waals surface area contributed by atoms with Gasteiger partial charge in [0, 0.05) is 18.0 Å². The molecule has 0 saturated carbocycles. The van der Waals surface area contributed by atoms with E-state index in [4.69, 9.17) is 5.11 Å². The van der Waals surface area contributed by atoms with E-state index < -0.39 is 5.97 Å². The standard InChI is InChI=1S/C11H16N2O2S/c1-2-8-5-3-4-6-13(8)11-12-9(7-16-11)10(14)15/h7-8H,2-6H2,1H3,(H,14,15). The van der Waals surface area contributed by atoms with Crippen molar-refractivity contribution in [2.45, 2.75) is 38.6 Å². The van der Waals surface area contributed by atoms with Crippen molar-refractivity contribution in [3.63, 3.8) is 0 Å². The van der Waals surface area contributed by atoms with Crippen molar-refractivity contribution in [3.05, 3.63) is 11.1 Å². The van der Waals surface area contributed by atoms with Gasteiger partial charge in [-0.2, -0.15) is 0 Å². The van der Waals surface area contributed by atoms with Gasteiger partial charge in [-0.3, -0.25) is 0 Å². The van der Waals surface area contributed by atoms with Crippen LogP contribution in [-0.4, -0.2) is 28.6 Å². The second kappa shape index (κ2) is 4.82. The van der Waals surface area contributed by atoms with E-state index in [0.29, 0.717) is 6.04 Å². The molecule has 88 valence electrons. The fourth-order valence-electron chi connectivity index (χ4n) is 2.17. The largest absolute Gasteiger partial charge is 0.476 e. The van der Waals surface area contributed by atoms with E-state index in [1.54, 1.807) is 5.38 Å². The molecule has 1 N–H and O–H groups in total. The smallest absolute Gasteiger partial charge is 0.355 e. The topological polar surface area (TPSA) is 53.4 Å². The van der Waals surface area contributed by atoms with Gasteiger partial charge in [-0.05, 0) is 25.7 Å². The lowest BCUT2D eigenvalue weighted by Gasteiger charge is -2.34. The zero-order valence-electron chi connectivity index (χ0n) is 9.35. The van der Waals surface area contributed by atoms with Gasteiger partial charge in [0.25, 0.3) is 0 Å². The number of nitrogens with zero attached hydrogens (tertiary/aromatic N) is 2. The van der Waals surface area contributed by atoms with E-state index in [1.165, 1.54) is 30.6 Å². The molecule has 1 atom stereocenters. The highest BCUT2D eigenvalue weighted by Crippen LogP contribution is 2.29. The second-order valence-electron chi connectivity index (χ2n) is 4.07. The molecule has 0 bridgehead atoms. The third-order valence-electron chi connectivity index (χ3n) is 3.06. The summed E-state index contributed by atoms with van der Waals surface area (Å²) < 4.78 is 0. The van der Waals surface area contributed by atoms with E-state index in [-0.39, 0.29) is 5.69 Å². The Labute approximate surface area is 98.9 Å². The first-order valence-corrected chi connectivity index (χ1v) is 6.55. The Morgan fingerprint density at radius 2 is 2.50 bits per heavy atom. The number of anilines is 1. The first-order valence-electron chi connectivity index (χ1n) is 5.68. The predicted molar refractivity (Wildman–Crippen MR) is 64.3 cm³/mol. The monoisotopic (exact) mass is 240 g/mol. The normalized spacial score (nSPS) is 21.1. The molecule has 0 radical (unpaired) electrons. The maximum Gasteiger partial charge on any atom is 0.355 e. The van der Waals surface area contributed by atoms with Gasteiger partial charge in [0.15, 0.2) is 10.8 Å². The number of rotatable bonds is 3. The molecule has 2 rings (SSSR count). The van der Waals surface area contributed by atoms with Crippen molar-refractivity contribution in [2.75, 3.05) is 11.4 Å². The fraction of sp³-hybridized carbons (Fsp3) is 0.636. The Bertz CT molecular complexity index is 378. The van der Waals surface area contributed by atoms with Gasteiger partial charge >= 0.3 is 5.97 Å². The van der Waals surface area contributed by atoms with Gasteiger partial charge < -0.3 is 10.0 Å². The molecule has 1 aliphatic rings. The van der Waals surface area contributed by atoms with Crippen LogP contribution in [0.3, 0.4) is 0 Å². The van der Waals surface area contributed by atoms with E-state index in [0.717, 1.165) is 18.1 Å². The summed E-state index contributed by atoms with van der Waals surface area (Å²) in [5.41, 5.74) is 0.167. The molecule has 0 amide bonds. The van der Waals surface area contributed by atoms with Crippen molar-refractivity contribution in [1.29, 1.82) is 0 Å². The predicted octanol–water partition coefficient (Wildman–Crippen LogP) is 2.61. The second-order valence-corrected chi connectivity index (χ2v) is 4.91. The van der Waals surface area contributed by atoms with Crippen LogP contribution in [-0.2, 0) is 0 Å².